The Labute approximate surface area is 133 Å². The summed E-state index contributed by atoms with van der Waals surface area (Å²) < 4.78 is 2.00. The van der Waals surface area contributed by atoms with Crippen molar-refractivity contribution in [2.24, 2.45) is 0 Å². The van der Waals surface area contributed by atoms with Crippen LogP contribution in [0.1, 0.15) is 51.9 Å². The number of aromatic nitrogens is 2. The highest BCUT2D eigenvalue weighted by atomic mass is 79.9. The van der Waals surface area contributed by atoms with Crippen LogP contribution in [-0.2, 0) is 6.54 Å². The van der Waals surface area contributed by atoms with Crippen molar-refractivity contribution in [1.82, 2.24) is 9.78 Å². The smallest absolute Gasteiger partial charge is 0.283 e. The van der Waals surface area contributed by atoms with Crippen molar-refractivity contribution in [2.45, 2.75) is 64.0 Å². The fraction of sp³-hybridized carbons (Fsp3) is 0.733. The molecule has 0 unspecified atom stereocenters. The number of nitrogens with one attached hydrogen (secondary N) is 1. The number of hydrogen-bond acceptors (Lipinski definition) is 4. The lowest BCUT2D eigenvalue weighted by molar-refractivity contribution is 0.172. The normalized spacial score (nSPS) is 17.7. The second-order valence-corrected chi connectivity index (χ2v) is 6.67. The monoisotopic (exact) mass is 357 g/mol. The molecule has 0 amide bonds. The minimum absolute atomic E-state index is 0.0817. The molecule has 1 fully saturated rings. The Kier molecular flexibility index (Phi) is 5.81. The number of aryl methyl sites for hydroxylation is 1. The van der Waals surface area contributed by atoms with Gasteiger partial charge in [-0.2, -0.15) is 5.10 Å². The Morgan fingerprint density at radius 1 is 1.43 bits per heavy atom. The molecule has 0 radical (unpaired) electrons. The summed E-state index contributed by atoms with van der Waals surface area (Å²) in [7, 11) is 0. The van der Waals surface area contributed by atoms with Gasteiger partial charge in [0, 0.05) is 6.54 Å². The predicted molar refractivity (Wildman–Crippen MR) is 87.6 cm³/mol. The molecule has 0 aliphatic heterocycles. The lowest BCUT2D eigenvalue weighted by Gasteiger charge is -2.37. The molecule has 5 nitrogen and oxygen atoms in total. The molecule has 1 aromatic heterocycles. The van der Waals surface area contributed by atoms with Crippen LogP contribution in [0.3, 0.4) is 0 Å². The number of rotatable bonds is 6. The van der Waals surface area contributed by atoms with E-state index in [9.17, 15) is 9.90 Å². The first-order valence-electron chi connectivity index (χ1n) is 7.76. The van der Waals surface area contributed by atoms with E-state index in [0.717, 1.165) is 38.5 Å². The van der Waals surface area contributed by atoms with Gasteiger partial charge in [0.15, 0.2) is 0 Å². The highest BCUT2D eigenvalue weighted by Gasteiger charge is 2.32. The van der Waals surface area contributed by atoms with Crippen molar-refractivity contribution in [1.29, 1.82) is 0 Å². The van der Waals surface area contributed by atoms with Gasteiger partial charge in [-0.3, -0.25) is 4.79 Å². The Balaban J connectivity index is 2.20. The Morgan fingerprint density at radius 3 is 2.76 bits per heavy atom. The Hall–Kier alpha value is -0.880. The number of hydrogen-bond donors (Lipinski definition) is 2. The van der Waals surface area contributed by atoms with Gasteiger partial charge >= 0.3 is 0 Å². The predicted octanol–water partition coefficient (Wildman–Crippen LogP) is 2.91. The van der Waals surface area contributed by atoms with Crippen LogP contribution in [0.25, 0.3) is 0 Å². The van der Waals surface area contributed by atoms with E-state index in [0.29, 0.717) is 16.7 Å². The first kappa shape index (κ1) is 16.5. The summed E-state index contributed by atoms with van der Waals surface area (Å²) in [4.78, 5) is 12.3. The molecule has 0 spiro atoms. The lowest BCUT2D eigenvalue weighted by atomic mass is 9.82. The van der Waals surface area contributed by atoms with Gasteiger partial charge in [0.1, 0.15) is 4.47 Å². The van der Waals surface area contributed by atoms with Gasteiger partial charge in [0.2, 0.25) is 0 Å². The third-order valence-electron chi connectivity index (χ3n) is 4.22. The maximum atomic E-state index is 12.3. The highest BCUT2D eigenvalue weighted by molar-refractivity contribution is 9.10. The number of nitrogens with zero attached hydrogens (tertiary/aromatic N) is 2. The van der Waals surface area contributed by atoms with Gasteiger partial charge in [-0.1, -0.05) is 32.6 Å². The molecule has 0 bridgehead atoms. The summed E-state index contributed by atoms with van der Waals surface area (Å²) in [6.45, 7) is 2.81. The van der Waals surface area contributed by atoms with Crippen molar-refractivity contribution in [2.75, 3.05) is 11.9 Å². The fourth-order valence-electron chi connectivity index (χ4n) is 2.86. The molecule has 2 N–H and O–H groups in total. The SMILES string of the molecule is CCCCn1ncc(NC2(CO)CCCCC2)c(Br)c1=O. The van der Waals surface area contributed by atoms with Crippen LogP contribution in [0.2, 0.25) is 0 Å². The molecular weight excluding hydrogens is 334 g/mol. The van der Waals surface area contributed by atoms with Gasteiger partial charge < -0.3 is 10.4 Å². The van der Waals surface area contributed by atoms with E-state index in [4.69, 9.17) is 0 Å². The molecule has 1 aromatic rings. The molecule has 1 saturated carbocycles. The van der Waals surface area contributed by atoms with Gasteiger partial charge in [0.25, 0.3) is 5.56 Å². The second-order valence-electron chi connectivity index (χ2n) is 5.88. The molecular formula is C15H24BrN3O2. The van der Waals surface area contributed by atoms with Gasteiger partial charge in [-0.15, -0.1) is 0 Å². The summed E-state index contributed by atoms with van der Waals surface area (Å²) in [5, 5.41) is 17.4. The second kappa shape index (κ2) is 7.40. The lowest BCUT2D eigenvalue weighted by Crippen LogP contribution is -2.44. The van der Waals surface area contributed by atoms with E-state index in [-0.39, 0.29) is 17.7 Å². The van der Waals surface area contributed by atoms with Crippen molar-refractivity contribution < 1.29 is 5.11 Å². The zero-order valence-electron chi connectivity index (χ0n) is 12.6. The van der Waals surface area contributed by atoms with E-state index in [2.05, 4.69) is 33.3 Å². The number of unbranched alkanes of at least 4 members (excludes halogenated alkanes) is 1. The number of anilines is 1. The van der Waals surface area contributed by atoms with Gasteiger partial charge in [-0.05, 0) is 35.2 Å². The molecule has 1 aliphatic carbocycles. The van der Waals surface area contributed by atoms with Gasteiger partial charge in [-0.25, -0.2) is 4.68 Å². The molecule has 2 rings (SSSR count). The molecule has 118 valence electrons. The van der Waals surface area contributed by atoms with Crippen LogP contribution in [0.5, 0.6) is 0 Å². The number of halogens is 1. The summed E-state index contributed by atoms with van der Waals surface area (Å²) in [5.74, 6) is 0. The van der Waals surface area contributed by atoms with Crippen LogP contribution in [0, 0.1) is 0 Å². The van der Waals surface area contributed by atoms with Crippen molar-refractivity contribution in [3.8, 4) is 0 Å². The van der Waals surface area contributed by atoms with E-state index < -0.39 is 0 Å². The molecule has 0 atom stereocenters. The largest absolute Gasteiger partial charge is 0.394 e. The fourth-order valence-corrected chi connectivity index (χ4v) is 3.26. The van der Waals surface area contributed by atoms with E-state index >= 15 is 0 Å². The average molecular weight is 358 g/mol. The third kappa shape index (κ3) is 3.86. The summed E-state index contributed by atoms with van der Waals surface area (Å²) in [6.07, 6.45) is 8.92. The van der Waals surface area contributed by atoms with Crippen LogP contribution < -0.4 is 10.9 Å². The average Bonchev–Trinajstić information content (AvgIpc) is 2.52. The van der Waals surface area contributed by atoms with Crippen molar-refractivity contribution >= 4 is 21.6 Å². The molecule has 1 aliphatic rings. The third-order valence-corrected chi connectivity index (χ3v) is 4.99. The highest BCUT2D eigenvalue weighted by Crippen LogP contribution is 2.32. The maximum Gasteiger partial charge on any atom is 0.283 e. The minimum atomic E-state index is -0.315. The van der Waals surface area contributed by atoms with Crippen LogP contribution >= 0.6 is 15.9 Å². The first-order chi connectivity index (χ1) is 10.1. The summed E-state index contributed by atoms with van der Waals surface area (Å²) in [6, 6.07) is 0. The van der Waals surface area contributed by atoms with Crippen LogP contribution in [-0.4, -0.2) is 27.0 Å². The standard InChI is InChI=1S/C15H24BrN3O2/c1-2-3-9-19-14(21)13(16)12(10-17-19)18-15(11-20)7-5-4-6-8-15/h10,18,20H,2-9,11H2,1H3. The Morgan fingerprint density at radius 2 is 2.14 bits per heavy atom. The molecule has 1 heterocycles. The topological polar surface area (TPSA) is 67.2 Å². The zero-order chi connectivity index (χ0) is 15.3. The van der Waals surface area contributed by atoms with Crippen molar-refractivity contribution in [3.63, 3.8) is 0 Å². The summed E-state index contributed by atoms with van der Waals surface area (Å²) in [5.41, 5.74) is 0.255. The van der Waals surface area contributed by atoms with Crippen LogP contribution in [0.15, 0.2) is 15.5 Å². The van der Waals surface area contributed by atoms with Gasteiger partial charge in [0.05, 0.1) is 24.0 Å². The quantitative estimate of drug-likeness (QED) is 0.821. The molecule has 0 aromatic carbocycles. The number of aliphatic hydroxyl groups excluding tert-OH is 1. The molecule has 21 heavy (non-hydrogen) atoms. The van der Waals surface area contributed by atoms with Crippen molar-refractivity contribution in [3.05, 3.63) is 21.0 Å². The summed E-state index contributed by atoms with van der Waals surface area (Å²) >= 11 is 3.39. The number of aliphatic hydroxyl groups is 1. The van der Waals surface area contributed by atoms with E-state index in [1.54, 1.807) is 6.20 Å². The maximum absolute atomic E-state index is 12.3. The zero-order valence-corrected chi connectivity index (χ0v) is 14.2. The van der Waals surface area contributed by atoms with Crippen LogP contribution in [0.4, 0.5) is 5.69 Å². The molecule has 6 heteroatoms. The van der Waals surface area contributed by atoms with E-state index in [1.807, 2.05) is 0 Å². The first-order valence-corrected chi connectivity index (χ1v) is 8.56. The molecule has 0 saturated heterocycles. The minimum Gasteiger partial charge on any atom is -0.394 e. The Bertz CT molecular complexity index is 524. The van der Waals surface area contributed by atoms with E-state index in [1.165, 1.54) is 11.1 Å².